The fraction of sp³-hybridized carbons (Fsp3) is 0.467. The van der Waals surface area contributed by atoms with Gasteiger partial charge in [0.2, 0.25) is 5.91 Å². The normalized spacial score (nSPS) is 14.9. The van der Waals surface area contributed by atoms with Crippen LogP contribution in [0.3, 0.4) is 0 Å². The Bertz CT molecular complexity index is 823. The monoisotopic (exact) mass is 365 g/mol. The number of thioether (sulfide) groups is 1. The van der Waals surface area contributed by atoms with Crippen molar-refractivity contribution in [3.8, 4) is 0 Å². The van der Waals surface area contributed by atoms with E-state index in [1.165, 1.54) is 22.3 Å². The zero-order chi connectivity index (χ0) is 17.1. The molecule has 0 saturated carbocycles. The highest BCUT2D eigenvalue weighted by Gasteiger charge is 2.20. The third-order valence-corrected chi connectivity index (χ3v) is 5.84. The lowest BCUT2D eigenvalue weighted by Gasteiger charge is -2.25. The van der Waals surface area contributed by atoms with E-state index < -0.39 is 5.91 Å². The van der Waals surface area contributed by atoms with Crippen LogP contribution in [0.5, 0.6) is 0 Å². The summed E-state index contributed by atoms with van der Waals surface area (Å²) in [6, 6.07) is 0. The first-order valence-electron chi connectivity index (χ1n) is 7.78. The first-order valence-corrected chi connectivity index (χ1v) is 9.58. The molecule has 2 aromatic rings. The molecule has 3 rings (SSSR count). The molecule has 0 spiro atoms. The number of nitrogens with two attached hydrogens (primary N) is 1. The Morgan fingerprint density at radius 3 is 2.75 bits per heavy atom. The summed E-state index contributed by atoms with van der Waals surface area (Å²) in [5.41, 5.74) is 5.50. The Kier molecular flexibility index (Phi) is 5.20. The van der Waals surface area contributed by atoms with Crippen LogP contribution < -0.4 is 16.2 Å². The van der Waals surface area contributed by atoms with Crippen molar-refractivity contribution in [1.29, 1.82) is 0 Å². The molecule has 9 heteroatoms. The molecule has 24 heavy (non-hydrogen) atoms. The van der Waals surface area contributed by atoms with Gasteiger partial charge in [-0.2, -0.15) is 4.98 Å². The second kappa shape index (κ2) is 7.35. The van der Waals surface area contributed by atoms with Crippen LogP contribution in [0.25, 0.3) is 10.3 Å². The summed E-state index contributed by atoms with van der Waals surface area (Å²) in [6.07, 6.45) is 5.16. The van der Waals surface area contributed by atoms with Gasteiger partial charge < -0.3 is 10.6 Å². The summed E-state index contributed by atoms with van der Waals surface area (Å²) in [5.74, 6) is -0.384. The first kappa shape index (κ1) is 17.0. The third-order valence-electron chi connectivity index (χ3n) is 3.75. The first-order chi connectivity index (χ1) is 11.6. The molecule has 0 aliphatic carbocycles. The molecular formula is C15H19N5O2S2. The Morgan fingerprint density at radius 1 is 1.33 bits per heavy atom. The van der Waals surface area contributed by atoms with E-state index in [0.717, 1.165) is 42.8 Å². The van der Waals surface area contributed by atoms with E-state index in [9.17, 15) is 9.59 Å². The molecule has 0 bridgehead atoms. The fourth-order valence-corrected chi connectivity index (χ4v) is 4.38. The summed E-state index contributed by atoms with van der Waals surface area (Å²) in [7, 11) is 0. The van der Waals surface area contributed by atoms with Gasteiger partial charge in [-0.15, -0.1) is 6.58 Å². The Morgan fingerprint density at radius 2 is 2.08 bits per heavy atom. The van der Waals surface area contributed by atoms with Crippen LogP contribution in [0.1, 0.15) is 19.3 Å². The predicted molar refractivity (Wildman–Crippen MR) is 97.9 cm³/mol. The number of hydrogen-bond donors (Lipinski definition) is 1. The average Bonchev–Trinajstić information content (AvgIpc) is 3.01. The molecule has 3 heterocycles. The number of carbonyl (C=O) groups is 1. The molecule has 1 fully saturated rings. The maximum absolute atomic E-state index is 12.8. The van der Waals surface area contributed by atoms with Gasteiger partial charge in [-0.05, 0) is 19.3 Å². The second-order valence-corrected chi connectivity index (χ2v) is 7.47. The Labute approximate surface area is 147 Å². The number of allylic oxidation sites excluding steroid dienone is 1. The van der Waals surface area contributed by atoms with Crippen LogP contribution in [-0.4, -0.2) is 39.3 Å². The van der Waals surface area contributed by atoms with Crippen LogP contribution in [-0.2, 0) is 11.3 Å². The van der Waals surface area contributed by atoms with E-state index in [1.807, 2.05) is 0 Å². The van der Waals surface area contributed by atoms with E-state index in [2.05, 4.69) is 21.4 Å². The lowest BCUT2D eigenvalue weighted by Crippen LogP contribution is -2.29. The van der Waals surface area contributed by atoms with Crippen LogP contribution >= 0.6 is 23.1 Å². The summed E-state index contributed by atoms with van der Waals surface area (Å²) in [4.78, 5) is 35.1. The maximum Gasteiger partial charge on any atom is 0.274 e. The number of aromatic nitrogens is 3. The standard InChI is InChI=1S/C15H19N5O2S2/c1-2-6-20-13(22)11-12(18-15(20)23-9-10(16)21)17-14(24-11)19-7-4-3-5-8-19/h2H,1,3-9H2,(H2,16,21). The van der Waals surface area contributed by atoms with Crippen LogP contribution in [0.4, 0.5) is 5.13 Å². The molecule has 2 N–H and O–H groups in total. The summed E-state index contributed by atoms with van der Waals surface area (Å²) < 4.78 is 2.06. The minimum Gasteiger partial charge on any atom is -0.369 e. The minimum atomic E-state index is -0.452. The third kappa shape index (κ3) is 3.46. The van der Waals surface area contributed by atoms with Gasteiger partial charge in [-0.25, -0.2) is 4.98 Å². The molecule has 1 aliphatic heterocycles. The molecule has 1 amide bonds. The number of carbonyl (C=O) groups excluding carboxylic acids is 1. The number of fused-ring (bicyclic) bond motifs is 1. The lowest BCUT2D eigenvalue weighted by molar-refractivity contribution is -0.115. The smallest absolute Gasteiger partial charge is 0.274 e. The summed E-state index contributed by atoms with van der Waals surface area (Å²) in [5, 5.41) is 1.29. The van der Waals surface area contributed by atoms with Gasteiger partial charge in [-0.3, -0.25) is 14.2 Å². The SMILES string of the molecule is C=CCn1c(SCC(N)=O)nc2nc(N3CCCCC3)sc2c1=O. The zero-order valence-electron chi connectivity index (χ0n) is 13.2. The number of hydrogen-bond acceptors (Lipinski definition) is 7. The number of piperidine rings is 1. The van der Waals surface area contributed by atoms with E-state index in [1.54, 1.807) is 6.08 Å². The number of amides is 1. The second-order valence-electron chi connectivity index (χ2n) is 5.55. The molecular weight excluding hydrogens is 346 g/mol. The van der Waals surface area contributed by atoms with Crippen LogP contribution in [0, 0.1) is 0 Å². The van der Waals surface area contributed by atoms with E-state index in [-0.39, 0.29) is 11.3 Å². The number of nitrogens with zero attached hydrogens (tertiary/aromatic N) is 4. The van der Waals surface area contributed by atoms with Crippen LogP contribution in [0.2, 0.25) is 0 Å². The van der Waals surface area contributed by atoms with E-state index in [0.29, 0.717) is 22.0 Å². The van der Waals surface area contributed by atoms with Crippen molar-refractivity contribution >= 4 is 44.5 Å². The molecule has 1 saturated heterocycles. The number of rotatable bonds is 6. The van der Waals surface area contributed by atoms with Crippen LogP contribution in [0.15, 0.2) is 22.6 Å². The van der Waals surface area contributed by atoms with E-state index >= 15 is 0 Å². The van der Waals surface area contributed by atoms with Gasteiger partial charge in [0.25, 0.3) is 5.56 Å². The maximum atomic E-state index is 12.8. The molecule has 0 aromatic carbocycles. The molecule has 1 aliphatic rings. The highest BCUT2D eigenvalue weighted by atomic mass is 32.2. The molecule has 0 radical (unpaired) electrons. The molecule has 0 unspecified atom stereocenters. The topological polar surface area (TPSA) is 94.1 Å². The van der Waals surface area contributed by atoms with Gasteiger partial charge in [0.05, 0.1) is 5.75 Å². The Balaban J connectivity index is 2.03. The van der Waals surface area contributed by atoms with Crippen molar-refractivity contribution in [2.75, 3.05) is 23.7 Å². The van der Waals surface area contributed by atoms with Gasteiger partial charge >= 0.3 is 0 Å². The van der Waals surface area contributed by atoms with Crippen molar-refractivity contribution in [1.82, 2.24) is 14.5 Å². The highest BCUT2D eigenvalue weighted by molar-refractivity contribution is 7.99. The minimum absolute atomic E-state index is 0.0677. The number of primary amides is 1. The molecule has 7 nitrogen and oxygen atoms in total. The van der Waals surface area contributed by atoms with Gasteiger partial charge in [0.1, 0.15) is 4.70 Å². The lowest BCUT2D eigenvalue weighted by atomic mass is 10.1. The van der Waals surface area contributed by atoms with Crippen molar-refractivity contribution < 1.29 is 4.79 Å². The van der Waals surface area contributed by atoms with E-state index in [4.69, 9.17) is 5.73 Å². The van der Waals surface area contributed by atoms with Crippen molar-refractivity contribution in [3.05, 3.63) is 23.0 Å². The largest absolute Gasteiger partial charge is 0.369 e. The number of anilines is 1. The van der Waals surface area contributed by atoms with Gasteiger partial charge in [0, 0.05) is 19.6 Å². The van der Waals surface area contributed by atoms with Crippen molar-refractivity contribution in [2.24, 2.45) is 5.73 Å². The Hall–Kier alpha value is -1.87. The van der Waals surface area contributed by atoms with Crippen molar-refractivity contribution in [2.45, 2.75) is 31.0 Å². The molecule has 0 atom stereocenters. The predicted octanol–water partition coefficient (Wildman–Crippen LogP) is 1.61. The molecule has 2 aromatic heterocycles. The highest BCUT2D eigenvalue weighted by Crippen LogP contribution is 2.29. The quantitative estimate of drug-likeness (QED) is 0.475. The fourth-order valence-electron chi connectivity index (χ4n) is 2.63. The van der Waals surface area contributed by atoms with Crippen molar-refractivity contribution in [3.63, 3.8) is 0 Å². The molecule has 128 valence electrons. The zero-order valence-corrected chi connectivity index (χ0v) is 14.9. The number of thiazole rings is 1. The summed E-state index contributed by atoms with van der Waals surface area (Å²) >= 11 is 2.54. The van der Waals surface area contributed by atoms with Gasteiger partial charge in [-0.1, -0.05) is 29.2 Å². The summed E-state index contributed by atoms with van der Waals surface area (Å²) in [6.45, 7) is 5.94. The van der Waals surface area contributed by atoms with Gasteiger partial charge in [0.15, 0.2) is 15.9 Å². The average molecular weight is 365 g/mol.